The van der Waals surface area contributed by atoms with Gasteiger partial charge in [-0.1, -0.05) is 35.3 Å². The van der Waals surface area contributed by atoms with E-state index in [1.165, 1.54) is 0 Å². The fraction of sp³-hybridized carbons (Fsp3) is 0.533. The fourth-order valence-electron chi connectivity index (χ4n) is 2.76. The first-order valence-electron chi connectivity index (χ1n) is 6.96. The molecule has 5 heteroatoms. The highest BCUT2D eigenvalue weighted by Gasteiger charge is 2.45. The van der Waals surface area contributed by atoms with E-state index in [-0.39, 0.29) is 17.7 Å². The highest BCUT2D eigenvalue weighted by atomic mass is 35.5. The number of rotatable bonds is 4. The van der Waals surface area contributed by atoms with Crippen LogP contribution in [0.5, 0.6) is 0 Å². The lowest BCUT2D eigenvalue weighted by Crippen LogP contribution is -2.31. The van der Waals surface area contributed by atoms with Gasteiger partial charge in [-0.25, -0.2) is 0 Å². The lowest BCUT2D eigenvalue weighted by molar-refractivity contribution is -0.122. The molecular formula is C15H17Cl2NO2. The molecule has 1 aromatic rings. The SMILES string of the molecule is O=C(NC[C@@H]1CCOC1)[C@@H]1C[C@H]1c1cccc(Cl)c1Cl. The maximum atomic E-state index is 12.1. The maximum absolute atomic E-state index is 12.1. The molecule has 3 rings (SSSR count). The Kier molecular flexibility index (Phi) is 4.20. The van der Waals surface area contributed by atoms with E-state index in [2.05, 4.69) is 5.32 Å². The molecule has 20 heavy (non-hydrogen) atoms. The highest BCUT2D eigenvalue weighted by molar-refractivity contribution is 6.42. The van der Waals surface area contributed by atoms with Gasteiger partial charge in [0.05, 0.1) is 16.7 Å². The molecular weight excluding hydrogens is 297 g/mol. The number of benzene rings is 1. The third kappa shape index (κ3) is 2.95. The number of nitrogens with one attached hydrogen (secondary N) is 1. The number of halogens is 2. The summed E-state index contributed by atoms with van der Waals surface area (Å²) in [4.78, 5) is 12.1. The second kappa shape index (κ2) is 5.92. The molecule has 1 amide bonds. The van der Waals surface area contributed by atoms with Crippen LogP contribution >= 0.6 is 23.2 Å². The number of amides is 1. The van der Waals surface area contributed by atoms with Gasteiger partial charge < -0.3 is 10.1 Å². The van der Waals surface area contributed by atoms with Gasteiger partial charge >= 0.3 is 0 Å². The van der Waals surface area contributed by atoms with Crippen molar-refractivity contribution < 1.29 is 9.53 Å². The van der Waals surface area contributed by atoms with E-state index in [9.17, 15) is 4.79 Å². The Hall–Kier alpha value is -0.770. The molecule has 1 aliphatic heterocycles. The summed E-state index contributed by atoms with van der Waals surface area (Å²) in [7, 11) is 0. The zero-order chi connectivity index (χ0) is 14.1. The minimum absolute atomic E-state index is 0.0355. The predicted octanol–water partition coefficient (Wildman–Crippen LogP) is 3.25. The van der Waals surface area contributed by atoms with Gasteiger partial charge in [0.25, 0.3) is 0 Å². The molecule has 0 bridgehead atoms. The first-order chi connectivity index (χ1) is 9.66. The van der Waals surface area contributed by atoms with Gasteiger partial charge in [0.15, 0.2) is 0 Å². The molecule has 0 unspecified atom stereocenters. The molecule has 1 saturated heterocycles. The quantitative estimate of drug-likeness (QED) is 0.926. The van der Waals surface area contributed by atoms with Gasteiger partial charge in [0.2, 0.25) is 5.91 Å². The predicted molar refractivity (Wildman–Crippen MR) is 79.2 cm³/mol. The van der Waals surface area contributed by atoms with Crippen molar-refractivity contribution in [3.8, 4) is 0 Å². The van der Waals surface area contributed by atoms with E-state index in [0.717, 1.165) is 31.6 Å². The molecule has 108 valence electrons. The zero-order valence-corrected chi connectivity index (χ0v) is 12.6. The highest BCUT2D eigenvalue weighted by Crippen LogP contribution is 2.50. The van der Waals surface area contributed by atoms with Crippen LogP contribution < -0.4 is 5.32 Å². The van der Waals surface area contributed by atoms with E-state index < -0.39 is 0 Å². The fourth-order valence-corrected chi connectivity index (χ4v) is 3.20. The molecule has 0 spiro atoms. The molecule has 3 atom stereocenters. The summed E-state index contributed by atoms with van der Waals surface area (Å²) in [6.07, 6.45) is 1.89. The maximum Gasteiger partial charge on any atom is 0.223 e. The monoisotopic (exact) mass is 313 g/mol. The van der Waals surface area contributed by atoms with Crippen molar-refractivity contribution in [1.82, 2.24) is 5.32 Å². The first kappa shape index (κ1) is 14.2. The molecule has 1 aromatic carbocycles. The Morgan fingerprint density at radius 2 is 2.25 bits per heavy atom. The minimum Gasteiger partial charge on any atom is -0.381 e. The second-order valence-electron chi connectivity index (χ2n) is 5.57. The van der Waals surface area contributed by atoms with Crippen molar-refractivity contribution in [1.29, 1.82) is 0 Å². The number of hydrogen-bond acceptors (Lipinski definition) is 2. The molecule has 2 aliphatic rings. The smallest absolute Gasteiger partial charge is 0.223 e. The lowest BCUT2D eigenvalue weighted by Gasteiger charge is -2.10. The van der Waals surface area contributed by atoms with Gasteiger partial charge in [-0.15, -0.1) is 0 Å². The average Bonchev–Trinajstić information content (AvgIpc) is 3.06. The van der Waals surface area contributed by atoms with Crippen molar-refractivity contribution in [3.63, 3.8) is 0 Å². The first-order valence-corrected chi connectivity index (χ1v) is 7.71. The Bertz CT molecular complexity index is 515. The summed E-state index contributed by atoms with van der Waals surface area (Å²) in [6.45, 7) is 2.28. The van der Waals surface area contributed by atoms with Crippen LogP contribution in [0.2, 0.25) is 10.0 Å². The summed E-state index contributed by atoms with van der Waals surface area (Å²) < 4.78 is 5.30. The Labute approximate surface area is 128 Å². The van der Waals surface area contributed by atoms with Crippen LogP contribution in [0.3, 0.4) is 0 Å². The van der Waals surface area contributed by atoms with Crippen LogP contribution in [0.1, 0.15) is 24.3 Å². The van der Waals surface area contributed by atoms with Gasteiger partial charge in [-0.2, -0.15) is 0 Å². The number of carbonyl (C=O) groups excluding carboxylic acids is 1. The summed E-state index contributed by atoms with van der Waals surface area (Å²) in [5.74, 6) is 0.832. The molecule has 0 radical (unpaired) electrons. The normalized spacial score (nSPS) is 28.4. The third-order valence-electron chi connectivity index (χ3n) is 4.10. The van der Waals surface area contributed by atoms with Crippen molar-refractivity contribution in [3.05, 3.63) is 33.8 Å². The average molecular weight is 314 g/mol. The number of carbonyl (C=O) groups is 1. The summed E-state index contributed by atoms with van der Waals surface area (Å²) in [5, 5.41) is 4.16. The minimum atomic E-state index is 0.0355. The third-order valence-corrected chi connectivity index (χ3v) is 4.93. The lowest BCUT2D eigenvalue weighted by atomic mass is 10.1. The second-order valence-corrected chi connectivity index (χ2v) is 6.35. The Morgan fingerprint density at radius 3 is 3.00 bits per heavy atom. The zero-order valence-electron chi connectivity index (χ0n) is 11.1. The largest absolute Gasteiger partial charge is 0.381 e. The van der Waals surface area contributed by atoms with Gasteiger partial charge in [0.1, 0.15) is 0 Å². The van der Waals surface area contributed by atoms with Crippen molar-refractivity contribution >= 4 is 29.1 Å². The molecule has 1 heterocycles. The summed E-state index contributed by atoms with van der Waals surface area (Å²) in [5.41, 5.74) is 0.989. The molecule has 1 saturated carbocycles. The van der Waals surface area contributed by atoms with E-state index in [1.807, 2.05) is 12.1 Å². The molecule has 1 N–H and O–H groups in total. The van der Waals surface area contributed by atoms with Crippen LogP contribution in [0.4, 0.5) is 0 Å². The van der Waals surface area contributed by atoms with E-state index in [1.54, 1.807) is 6.07 Å². The standard InChI is InChI=1S/C15H17Cl2NO2/c16-13-3-1-2-10(14(13)17)11-6-12(11)15(19)18-7-9-4-5-20-8-9/h1-3,9,11-12H,4-8H2,(H,18,19)/t9-,11-,12+/m0/s1. The van der Waals surface area contributed by atoms with E-state index in [0.29, 0.717) is 22.5 Å². The topological polar surface area (TPSA) is 38.3 Å². The molecule has 1 aliphatic carbocycles. The Balaban J connectivity index is 1.55. The summed E-state index contributed by atoms with van der Waals surface area (Å²) >= 11 is 12.2. The van der Waals surface area contributed by atoms with Crippen LogP contribution in [0, 0.1) is 11.8 Å². The van der Waals surface area contributed by atoms with Gasteiger partial charge in [-0.3, -0.25) is 4.79 Å². The number of hydrogen-bond donors (Lipinski definition) is 1. The van der Waals surface area contributed by atoms with Crippen LogP contribution in [0.25, 0.3) is 0 Å². The van der Waals surface area contributed by atoms with Gasteiger partial charge in [-0.05, 0) is 30.4 Å². The number of ether oxygens (including phenoxy) is 1. The van der Waals surface area contributed by atoms with Crippen molar-refractivity contribution in [2.24, 2.45) is 11.8 Å². The molecule has 3 nitrogen and oxygen atoms in total. The van der Waals surface area contributed by atoms with Gasteiger partial charge in [0, 0.05) is 25.0 Å². The van der Waals surface area contributed by atoms with Crippen LogP contribution in [0.15, 0.2) is 18.2 Å². The Morgan fingerprint density at radius 1 is 1.40 bits per heavy atom. The molecule has 2 fully saturated rings. The van der Waals surface area contributed by atoms with Crippen molar-refractivity contribution in [2.75, 3.05) is 19.8 Å². The summed E-state index contributed by atoms with van der Waals surface area (Å²) in [6, 6.07) is 5.61. The van der Waals surface area contributed by atoms with Crippen LogP contribution in [-0.4, -0.2) is 25.7 Å². The molecule has 0 aromatic heterocycles. The van der Waals surface area contributed by atoms with Crippen LogP contribution in [-0.2, 0) is 9.53 Å². The van der Waals surface area contributed by atoms with E-state index >= 15 is 0 Å². The van der Waals surface area contributed by atoms with E-state index in [4.69, 9.17) is 27.9 Å². The van der Waals surface area contributed by atoms with Crippen molar-refractivity contribution in [2.45, 2.75) is 18.8 Å².